The zero-order valence-corrected chi connectivity index (χ0v) is 13.6. The SMILES string of the molecule is CCCCOC(=O)CCCCC(=O)OC1CCCCC1C. The van der Waals surface area contributed by atoms with Crippen molar-refractivity contribution in [3.8, 4) is 0 Å². The molecule has 0 aliphatic heterocycles. The summed E-state index contributed by atoms with van der Waals surface area (Å²) in [5, 5.41) is 0. The number of hydrogen-bond donors (Lipinski definition) is 0. The molecule has 0 saturated heterocycles. The van der Waals surface area contributed by atoms with Gasteiger partial charge in [-0.05, 0) is 44.4 Å². The number of unbranched alkanes of at least 4 members (excludes halogenated alkanes) is 2. The van der Waals surface area contributed by atoms with E-state index in [4.69, 9.17) is 9.47 Å². The molecule has 0 bridgehead atoms. The van der Waals surface area contributed by atoms with Crippen molar-refractivity contribution in [2.75, 3.05) is 6.61 Å². The molecule has 1 fully saturated rings. The third kappa shape index (κ3) is 8.08. The van der Waals surface area contributed by atoms with E-state index in [-0.39, 0.29) is 18.0 Å². The molecule has 2 atom stereocenters. The second kappa shape index (κ2) is 10.6. The Morgan fingerprint density at radius 3 is 2.33 bits per heavy atom. The molecule has 0 N–H and O–H groups in total. The van der Waals surface area contributed by atoms with Gasteiger partial charge in [-0.1, -0.05) is 26.7 Å². The van der Waals surface area contributed by atoms with Crippen LogP contribution < -0.4 is 0 Å². The summed E-state index contributed by atoms with van der Waals surface area (Å²) in [7, 11) is 0. The summed E-state index contributed by atoms with van der Waals surface area (Å²) in [4.78, 5) is 23.2. The van der Waals surface area contributed by atoms with Gasteiger partial charge in [0.2, 0.25) is 0 Å². The molecular weight excluding hydrogens is 268 g/mol. The van der Waals surface area contributed by atoms with Gasteiger partial charge in [-0.15, -0.1) is 0 Å². The van der Waals surface area contributed by atoms with Crippen LogP contribution in [0.2, 0.25) is 0 Å². The quantitative estimate of drug-likeness (QED) is 0.476. The third-order valence-electron chi connectivity index (χ3n) is 4.09. The van der Waals surface area contributed by atoms with Gasteiger partial charge in [-0.25, -0.2) is 0 Å². The average Bonchev–Trinajstić information content (AvgIpc) is 2.46. The van der Waals surface area contributed by atoms with Crippen molar-refractivity contribution >= 4 is 11.9 Å². The van der Waals surface area contributed by atoms with E-state index in [1.165, 1.54) is 6.42 Å². The van der Waals surface area contributed by atoms with Gasteiger partial charge in [0.05, 0.1) is 6.61 Å². The normalized spacial score (nSPS) is 21.8. The molecule has 0 aromatic rings. The minimum absolute atomic E-state index is 0.102. The Hall–Kier alpha value is -1.06. The largest absolute Gasteiger partial charge is 0.466 e. The molecule has 0 aromatic carbocycles. The summed E-state index contributed by atoms with van der Waals surface area (Å²) in [5.74, 6) is 0.210. The van der Waals surface area contributed by atoms with Crippen LogP contribution in [-0.2, 0) is 19.1 Å². The molecule has 21 heavy (non-hydrogen) atoms. The van der Waals surface area contributed by atoms with Gasteiger partial charge >= 0.3 is 11.9 Å². The molecule has 0 spiro atoms. The lowest BCUT2D eigenvalue weighted by Gasteiger charge is -2.28. The summed E-state index contributed by atoms with van der Waals surface area (Å²) in [6.45, 7) is 4.73. The minimum atomic E-state index is -0.155. The van der Waals surface area contributed by atoms with Gasteiger partial charge in [0.1, 0.15) is 6.10 Å². The second-order valence-electron chi connectivity index (χ2n) is 6.07. The van der Waals surface area contributed by atoms with E-state index in [0.717, 1.165) is 32.1 Å². The van der Waals surface area contributed by atoms with E-state index in [9.17, 15) is 9.59 Å². The Morgan fingerprint density at radius 1 is 1.00 bits per heavy atom. The fraction of sp³-hybridized carbons (Fsp3) is 0.882. The monoisotopic (exact) mass is 298 g/mol. The van der Waals surface area contributed by atoms with Gasteiger partial charge < -0.3 is 9.47 Å². The fourth-order valence-electron chi connectivity index (χ4n) is 2.63. The number of hydrogen-bond acceptors (Lipinski definition) is 4. The Morgan fingerprint density at radius 2 is 1.67 bits per heavy atom. The van der Waals surface area contributed by atoms with Crippen LogP contribution in [0.15, 0.2) is 0 Å². The molecule has 1 rings (SSSR count). The second-order valence-corrected chi connectivity index (χ2v) is 6.07. The summed E-state index contributed by atoms with van der Waals surface area (Å²) in [6.07, 6.45) is 8.80. The standard InChI is InChI=1S/C17H30O4/c1-3-4-13-20-16(18)11-7-8-12-17(19)21-15-10-6-5-9-14(15)2/h14-15H,3-13H2,1-2H3. The molecule has 2 unspecified atom stereocenters. The van der Waals surface area contributed by atoms with Crippen LogP contribution in [0.5, 0.6) is 0 Å². The van der Waals surface area contributed by atoms with Crippen molar-refractivity contribution in [2.24, 2.45) is 5.92 Å². The Labute approximate surface area is 128 Å². The highest BCUT2D eigenvalue weighted by Crippen LogP contribution is 2.26. The van der Waals surface area contributed by atoms with Gasteiger partial charge in [0, 0.05) is 12.8 Å². The highest BCUT2D eigenvalue weighted by atomic mass is 16.5. The molecule has 4 heteroatoms. The molecule has 1 saturated carbocycles. The molecular formula is C17H30O4. The minimum Gasteiger partial charge on any atom is -0.466 e. The molecule has 4 nitrogen and oxygen atoms in total. The van der Waals surface area contributed by atoms with Crippen molar-refractivity contribution in [2.45, 2.75) is 84.2 Å². The zero-order chi connectivity index (χ0) is 15.5. The van der Waals surface area contributed by atoms with E-state index in [1.54, 1.807) is 0 Å². The highest BCUT2D eigenvalue weighted by Gasteiger charge is 2.24. The van der Waals surface area contributed by atoms with Gasteiger partial charge in [0.15, 0.2) is 0 Å². The highest BCUT2D eigenvalue weighted by molar-refractivity contribution is 5.70. The van der Waals surface area contributed by atoms with Crippen molar-refractivity contribution in [1.82, 2.24) is 0 Å². The fourth-order valence-corrected chi connectivity index (χ4v) is 2.63. The van der Waals surface area contributed by atoms with Crippen LogP contribution in [0, 0.1) is 5.92 Å². The molecule has 0 heterocycles. The summed E-state index contributed by atoms with van der Waals surface area (Å²) >= 11 is 0. The first kappa shape index (κ1) is 18.0. The number of esters is 2. The number of rotatable bonds is 9. The first-order valence-electron chi connectivity index (χ1n) is 8.48. The first-order valence-corrected chi connectivity index (χ1v) is 8.48. The molecule has 0 amide bonds. The van der Waals surface area contributed by atoms with E-state index in [0.29, 0.717) is 38.2 Å². The number of ether oxygens (including phenoxy) is 2. The predicted molar refractivity (Wildman–Crippen MR) is 81.8 cm³/mol. The zero-order valence-electron chi connectivity index (χ0n) is 13.6. The van der Waals surface area contributed by atoms with Crippen LogP contribution in [-0.4, -0.2) is 24.6 Å². The van der Waals surface area contributed by atoms with Crippen LogP contribution >= 0.6 is 0 Å². The average molecular weight is 298 g/mol. The van der Waals surface area contributed by atoms with Crippen molar-refractivity contribution in [3.63, 3.8) is 0 Å². The lowest BCUT2D eigenvalue weighted by molar-refractivity contribution is -0.153. The van der Waals surface area contributed by atoms with E-state index in [2.05, 4.69) is 13.8 Å². The topological polar surface area (TPSA) is 52.6 Å². The van der Waals surface area contributed by atoms with E-state index < -0.39 is 0 Å². The Balaban J connectivity index is 2.04. The van der Waals surface area contributed by atoms with Crippen LogP contribution in [0.3, 0.4) is 0 Å². The van der Waals surface area contributed by atoms with Gasteiger partial charge in [0.25, 0.3) is 0 Å². The lowest BCUT2D eigenvalue weighted by Crippen LogP contribution is -2.28. The molecule has 0 aromatic heterocycles. The van der Waals surface area contributed by atoms with E-state index in [1.807, 2.05) is 0 Å². The van der Waals surface area contributed by atoms with Gasteiger partial charge in [-0.2, -0.15) is 0 Å². The van der Waals surface area contributed by atoms with Crippen LogP contribution in [0.4, 0.5) is 0 Å². The molecule has 1 aliphatic carbocycles. The summed E-state index contributed by atoms with van der Waals surface area (Å²) < 4.78 is 10.6. The first-order chi connectivity index (χ1) is 10.1. The van der Waals surface area contributed by atoms with Crippen molar-refractivity contribution < 1.29 is 19.1 Å². The Bertz CT molecular complexity index is 314. The maximum absolute atomic E-state index is 11.8. The summed E-state index contributed by atoms with van der Waals surface area (Å²) in [5.41, 5.74) is 0. The molecule has 1 aliphatic rings. The smallest absolute Gasteiger partial charge is 0.306 e. The maximum Gasteiger partial charge on any atom is 0.306 e. The predicted octanol–water partition coefficient (Wildman–Crippen LogP) is 4.01. The van der Waals surface area contributed by atoms with Crippen LogP contribution in [0.1, 0.15) is 78.1 Å². The maximum atomic E-state index is 11.8. The number of carbonyl (C=O) groups excluding carboxylic acids is 2. The summed E-state index contributed by atoms with van der Waals surface area (Å²) in [6, 6.07) is 0. The van der Waals surface area contributed by atoms with E-state index >= 15 is 0 Å². The number of carbonyl (C=O) groups is 2. The third-order valence-corrected chi connectivity index (χ3v) is 4.09. The molecule has 0 radical (unpaired) electrons. The lowest BCUT2D eigenvalue weighted by atomic mass is 9.88. The molecule has 122 valence electrons. The van der Waals surface area contributed by atoms with Crippen LogP contribution in [0.25, 0.3) is 0 Å². The Kier molecular flexibility index (Phi) is 9.11. The van der Waals surface area contributed by atoms with Crippen molar-refractivity contribution in [3.05, 3.63) is 0 Å². The van der Waals surface area contributed by atoms with Gasteiger partial charge in [-0.3, -0.25) is 9.59 Å². The van der Waals surface area contributed by atoms with Crippen molar-refractivity contribution in [1.29, 1.82) is 0 Å².